The van der Waals surface area contributed by atoms with Gasteiger partial charge >= 0.3 is 0 Å². The lowest BCUT2D eigenvalue weighted by Crippen LogP contribution is -2.33. The number of hydrogen-bond donors (Lipinski definition) is 3. The number of aliphatic hydroxyl groups excluding tert-OH is 1. The van der Waals surface area contributed by atoms with E-state index in [9.17, 15) is 4.79 Å². The van der Waals surface area contributed by atoms with Gasteiger partial charge in [0.15, 0.2) is 5.69 Å². The Morgan fingerprint density at radius 3 is 2.65 bits per heavy atom. The topological polar surface area (TPSA) is 79.2 Å². The summed E-state index contributed by atoms with van der Waals surface area (Å²) in [5, 5.41) is 20.6. The van der Waals surface area contributed by atoms with Gasteiger partial charge in [-0.25, -0.2) is 0 Å². The van der Waals surface area contributed by atoms with E-state index < -0.39 is 0 Å². The van der Waals surface area contributed by atoms with Crippen molar-refractivity contribution < 1.29 is 9.90 Å². The summed E-state index contributed by atoms with van der Waals surface area (Å²) < 4.78 is 1.80. The molecule has 0 aliphatic heterocycles. The molecule has 0 aliphatic rings. The molecule has 7 heteroatoms. The number of carbonyl (C=O) groups excluding carboxylic acids is 1. The van der Waals surface area contributed by atoms with E-state index in [-0.39, 0.29) is 12.5 Å². The van der Waals surface area contributed by atoms with Crippen LogP contribution in [0.3, 0.4) is 0 Å². The quantitative estimate of drug-likeness (QED) is 0.529. The number of fused-ring (bicyclic) bond motifs is 1. The van der Waals surface area contributed by atoms with Gasteiger partial charge in [0, 0.05) is 30.0 Å². The van der Waals surface area contributed by atoms with E-state index in [4.69, 9.17) is 16.7 Å². The predicted octanol–water partition coefficient (Wildman–Crippen LogP) is 2.05. The summed E-state index contributed by atoms with van der Waals surface area (Å²) in [6.07, 6.45) is 0. The van der Waals surface area contributed by atoms with Gasteiger partial charge in [0.2, 0.25) is 0 Å². The number of amides is 1. The first-order valence-electron chi connectivity index (χ1n) is 8.49. The molecule has 0 atom stereocenters. The maximum absolute atomic E-state index is 12.5. The first-order chi connectivity index (χ1) is 12.7. The van der Waals surface area contributed by atoms with Crippen molar-refractivity contribution in [1.82, 2.24) is 20.4 Å². The Labute approximate surface area is 156 Å². The summed E-state index contributed by atoms with van der Waals surface area (Å²) in [5.41, 5.74) is 2.23. The second kappa shape index (κ2) is 8.80. The molecule has 0 saturated heterocycles. The normalized spacial score (nSPS) is 11.0. The number of halogens is 1. The number of hydrogen-bond acceptors (Lipinski definition) is 4. The number of rotatable bonds is 8. The molecule has 0 radical (unpaired) electrons. The second-order valence-electron chi connectivity index (χ2n) is 5.84. The number of nitrogens with one attached hydrogen (secondary N) is 2. The van der Waals surface area contributed by atoms with Gasteiger partial charge in [-0.1, -0.05) is 48.0 Å². The molecule has 26 heavy (non-hydrogen) atoms. The summed E-state index contributed by atoms with van der Waals surface area (Å²) in [4.78, 5) is 12.5. The Bertz CT molecular complexity index is 894. The lowest BCUT2D eigenvalue weighted by Gasteiger charge is -2.06. The summed E-state index contributed by atoms with van der Waals surface area (Å²) in [5.74, 6) is -0.218. The highest BCUT2D eigenvalue weighted by Crippen LogP contribution is 2.22. The van der Waals surface area contributed by atoms with Gasteiger partial charge < -0.3 is 15.7 Å². The molecule has 0 bridgehead atoms. The molecule has 3 aromatic rings. The first-order valence-corrected chi connectivity index (χ1v) is 8.87. The molecule has 3 N–H and O–H groups in total. The van der Waals surface area contributed by atoms with Gasteiger partial charge in [-0.05, 0) is 17.7 Å². The average Bonchev–Trinajstić information content (AvgIpc) is 3.02. The molecule has 1 heterocycles. The van der Waals surface area contributed by atoms with E-state index in [1.807, 2.05) is 48.5 Å². The van der Waals surface area contributed by atoms with E-state index >= 15 is 0 Å². The lowest BCUT2D eigenvalue weighted by atomic mass is 10.2. The van der Waals surface area contributed by atoms with Crippen LogP contribution in [0.25, 0.3) is 10.9 Å². The van der Waals surface area contributed by atoms with Crippen molar-refractivity contribution in [3.63, 3.8) is 0 Å². The third kappa shape index (κ3) is 4.22. The molecule has 0 fully saturated rings. The number of benzene rings is 2. The highest BCUT2D eigenvalue weighted by molar-refractivity contribution is 6.31. The van der Waals surface area contributed by atoms with Crippen LogP contribution >= 0.6 is 11.6 Å². The molecule has 0 aliphatic carbocycles. The zero-order valence-electron chi connectivity index (χ0n) is 14.3. The third-order valence-electron chi connectivity index (χ3n) is 4.03. The fraction of sp³-hybridized carbons (Fsp3) is 0.263. The predicted molar refractivity (Wildman–Crippen MR) is 103 cm³/mol. The minimum Gasteiger partial charge on any atom is -0.395 e. The van der Waals surface area contributed by atoms with Crippen molar-refractivity contribution in [2.75, 3.05) is 26.2 Å². The van der Waals surface area contributed by atoms with Crippen LogP contribution < -0.4 is 10.6 Å². The van der Waals surface area contributed by atoms with Crippen molar-refractivity contribution in [3.8, 4) is 0 Å². The SMILES string of the molecule is O=C(NCCNCCO)c1nn(Cc2ccccc2Cl)c2ccccc12. The van der Waals surface area contributed by atoms with Gasteiger partial charge in [-0.2, -0.15) is 5.10 Å². The number of aromatic nitrogens is 2. The lowest BCUT2D eigenvalue weighted by molar-refractivity contribution is 0.0949. The number of aliphatic hydroxyl groups is 1. The fourth-order valence-corrected chi connectivity index (χ4v) is 2.95. The monoisotopic (exact) mass is 372 g/mol. The summed E-state index contributed by atoms with van der Waals surface area (Å²) in [6.45, 7) is 2.12. The Balaban J connectivity index is 1.81. The molecule has 3 rings (SSSR count). The maximum atomic E-state index is 12.5. The van der Waals surface area contributed by atoms with Crippen molar-refractivity contribution in [1.29, 1.82) is 0 Å². The van der Waals surface area contributed by atoms with Gasteiger partial charge in [0.1, 0.15) is 0 Å². The summed E-state index contributed by atoms with van der Waals surface area (Å²) in [7, 11) is 0. The molecule has 6 nitrogen and oxygen atoms in total. The minimum atomic E-state index is -0.218. The Kier molecular flexibility index (Phi) is 6.22. The molecule has 1 amide bonds. The number of nitrogens with zero attached hydrogens (tertiary/aromatic N) is 2. The molecule has 136 valence electrons. The van der Waals surface area contributed by atoms with Gasteiger partial charge in [0.05, 0.1) is 18.7 Å². The van der Waals surface area contributed by atoms with Crippen LogP contribution in [0.15, 0.2) is 48.5 Å². The third-order valence-corrected chi connectivity index (χ3v) is 4.40. The van der Waals surface area contributed by atoms with Gasteiger partial charge in [-0.3, -0.25) is 9.48 Å². The molecular weight excluding hydrogens is 352 g/mol. The van der Waals surface area contributed by atoms with Crippen molar-refractivity contribution in [2.24, 2.45) is 0 Å². The second-order valence-corrected chi connectivity index (χ2v) is 6.25. The fourth-order valence-electron chi connectivity index (χ4n) is 2.76. The van der Waals surface area contributed by atoms with Crippen LogP contribution in [0.1, 0.15) is 16.1 Å². The Morgan fingerprint density at radius 2 is 1.85 bits per heavy atom. The zero-order valence-corrected chi connectivity index (χ0v) is 15.0. The maximum Gasteiger partial charge on any atom is 0.272 e. The minimum absolute atomic E-state index is 0.0744. The molecule has 0 spiro atoms. The first kappa shape index (κ1) is 18.4. The molecule has 0 saturated carbocycles. The van der Waals surface area contributed by atoms with Crippen LogP contribution in [0.5, 0.6) is 0 Å². The highest BCUT2D eigenvalue weighted by Gasteiger charge is 2.17. The van der Waals surface area contributed by atoms with Crippen LogP contribution in [-0.4, -0.2) is 47.0 Å². The average molecular weight is 373 g/mol. The van der Waals surface area contributed by atoms with Crippen molar-refractivity contribution in [3.05, 3.63) is 64.8 Å². The Hall–Kier alpha value is -2.41. The van der Waals surface area contributed by atoms with Crippen LogP contribution in [0.4, 0.5) is 0 Å². The van der Waals surface area contributed by atoms with E-state index in [2.05, 4.69) is 15.7 Å². The standard InChI is InChI=1S/C19H21ClN4O2/c20-16-7-3-1-5-14(16)13-24-17-8-4-2-6-15(17)18(23-24)19(26)22-10-9-21-11-12-25/h1-8,21,25H,9-13H2,(H,22,26). The molecule has 1 aromatic heterocycles. The largest absolute Gasteiger partial charge is 0.395 e. The highest BCUT2D eigenvalue weighted by atomic mass is 35.5. The summed E-state index contributed by atoms with van der Waals surface area (Å²) >= 11 is 6.26. The van der Waals surface area contributed by atoms with Gasteiger partial charge in [-0.15, -0.1) is 0 Å². The van der Waals surface area contributed by atoms with Crippen LogP contribution in [0, 0.1) is 0 Å². The van der Waals surface area contributed by atoms with Crippen LogP contribution in [0.2, 0.25) is 5.02 Å². The molecular formula is C19H21ClN4O2. The number of para-hydroxylation sites is 1. The van der Waals surface area contributed by atoms with E-state index in [0.29, 0.717) is 36.9 Å². The number of carbonyl (C=O) groups is 1. The van der Waals surface area contributed by atoms with Crippen molar-refractivity contribution >= 4 is 28.4 Å². The van der Waals surface area contributed by atoms with E-state index in [1.54, 1.807) is 4.68 Å². The molecule has 0 unspecified atom stereocenters. The summed E-state index contributed by atoms with van der Waals surface area (Å²) in [6, 6.07) is 15.3. The van der Waals surface area contributed by atoms with E-state index in [1.165, 1.54) is 0 Å². The van der Waals surface area contributed by atoms with E-state index in [0.717, 1.165) is 16.5 Å². The van der Waals surface area contributed by atoms with Gasteiger partial charge in [0.25, 0.3) is 5.91 Å². The molecule has 2 aromatic carbocycles. The Morgan fingerprint density at radius 1 is 1.08 bits per heavy atom. The van der Waals surface area contributed by atoms with Crippen LogP contribution in [-0.2, 0) is 6.54 Å². The zero-order chi connectivity index (χ0) is 18.4. The van der Waals surface area contributed by atoms with Crippen molar-refractivity contribution in [2.45, 2.75) is 6.54 Å². The smallest absolute Gasteiger partial charge is 0.272 e.